The predicted molar refractivity (Wildman–Crippen MR) is 71.2 cm³/mol. The highest BCUT2D eigenvalue weighted by Crippen LogP contribution is 2.21. The molecular formula is C12H15ClN2O4. The van der Waals surface area contributed by atoms with Gasteiger partial charge in [0.1, 0.15) is 5.60 Å². The van der Waals surface area contributed by atoms with Crippen LogP contribution in [0.5, 0.6) is 0 Å². The molecule has 1 aromatic rings. The van der Waals surface area contributed by atoms with E-state index >= 15 is 0 Å². The Labute approximate surface area is 115 Å². The normalized spacial score (nSPS) is 10.9. The molecular weight excluding hydrogens is 272 g/mol. The topological polar surface area (TPSA) is 81.5 Å². The Hall–Kier alpha value is -1.82. The van der Waals surface area contributed by atoms with Gasteiger partial charge in [-0.15, -0.1) is 0 Å². The van der Waals surface area contributed by atoms with Gasteiger partial charge in [-0.05, 0) is 32.4 Å². The van der Waals surface area contributed by atoms with E-state index in [1.807, 2.05) is 0 Å². The molecule has 0 unspecified atom stereocenters. The number of nitro benzene ring substituents is 1. The summed E-state index contributed by atoms with van der Waals surface area (Å²) in [6, 6.07) is 4.05. The van der Waals surface area contributed by atoms with Crippen molar-refractivity contribution in [2.24, 2.45) is 0 Å². The van der Waals surface area contributed by atoms with Gasteiger partial charge in [-0.1, -0.05) is 11.6 Å². The van der Waals surface area contributed by atoms with E-state index in [-0.39, 0.29) is 12.2 Å². The van der Waals surface area contributed by atoms with Gasteiger partial charge in [-0.3, -0.25) is 10.1 Å². The first-order valence-electron chi connectivity index (χ1n) is 5.59. The van der Waals surface area contributed by atoms with Crippen molar-refractivity contribution < 1.29 is 14.5 Å². The number of rotatable bonds is 3. The molecule has 19 heavy (non-hydrogen) atoms. The van der Waals surface area contributed by atoms with Crippen molar-refractivity contribution in [1.29, 1.82) is 0 Å². The molecule has 1 N–H and O–H groups in total. The number of halogens is 1. The largest absolute Gasteiger partial charge is 0.444 e. The maximum atomic E-state index is 11.5. The zero-order valence-corrected chi connectivity index (χ0v) is 11.7. The average molecular weight is 287 g/mol. The molecule has 0 heterocycles. The van der Waals surface area contributed by atoms with E-state index in [0.29, 0.717) is 10.6 Å². The summed E-state index contributed by atoms with van der Waals surface area (Å²) in [5, 5.41) is 13.5. The molecule has 0 aliphatic carbocycles. The first-order chi connectivity index (χ1) is 8.69. The Bertz CT molecular complexity index is 497. The third kappa shape index (κ3) is 5.13. The van der Waals surface area contributed by atoms with Crippen LogP contribution >= 0.6 is 11.6 Å². The summed E-state index contributed by atoms with van der Waals surface area (Å²) in [7, 11) is 0. The minimum atomic E-state index is -0.602. The Kier molecular flexibility index (Phi) is 4.72. The van der Waals surface area contributed by atoms with Crippen LogP contribution in [0.4, 0.5) is 10.5 Å². The number of alkyl carbamates (subject to hydrolysis) is 1. The number of amides is 1. The van der Waals surface area contributed by atoms with Crippen molar-refractivity contribution in [1.82, 2.24) is 5.32 Å². The van der Waals surface area contributed by atoms with Crippen molar-refractivity contribution in [2.75, 3.05) is 0 Å². The van der Waals surface area contributed by atoms with Crippen LogP contribution in [0, 0.1) is 10.1 Å². The molecule has 0 spiro atoms. The highest BCUT2D eigenvalue weighted by Gasteiger charge is 2.16. The molecule has 0 radical (unpaired) electrons. The van der Waals surface area contributed by atoms with Crippen LogP contribution in [0.25, 0.3) is 0 Å². The van der Waals surface area contributed by atoms with E-state index in [2.05, 4.69) is 5.32 Å². The van der Waals surface area contributed by atoms with Crippen LogP contribution in [0.15, 0.2) is 18.2 Å². The molecule has 6 nitrogen and oxygen atoms in total. The number of ether oxygens (including phenoxy) is 1. The van der Waals surface area contributed by atoms with Gasteiger partial charge in [-0.2, -0.15) is 0 Å². The smallest absolute Gasteiger partial charge is 0.407 e. The summed E-state index contributed by atoms with van der Waals surface area (Å²) in [4.78, 5) is 21.6. The van der Waals surface area contributed by atoms with E-state index < -0.39 is 16.6 Å². The molecule has 0 bridgehead atoms. The van der Waals surface area contributed by atoms with Gasteiger partial charge in [0.2, 0.25) is 0 Å². The fourth-order valence-electron chi connectivity index (χ4n) is 1.29. The molecule has 1 aromatic carbocycles. The second-order valence-electron chi connectivity index (χ2n) is 4.89. The number of carbonyl (C=O) groups excluding carboxylic acids is 1. The third-order valence-electron chi connectivity index (χ3n) is 2.06. The second kappa shape index (κ2) is 5.88. The molecule has 0 saturated heterocycles. The van der Waals surface area contributed by atoms with Crippen molar-refractivity contribution in [3.63, 3.8) is 0 Å². The van der Waals surface area contributed by atoms with Gasteiger partial charge in [0, 0.05) is 23.7 Å². The molecule has 0 aliphatic heterocycles. The lowest BCUT2D eigenvalue weighted by molar-refractivity contribution is -0.384. The van der Waals surface area contributed by atoms with Crippen LogP contribution in [0.1, 0.15) is 26.3 Å². The molecule has 1 amide bonds. The number of hydrogen-bond acceptors (Lipinski definition) is 4. The van der Waals surface area contributed by atoms with E-state index in [0.717, 1.165) is 0 Å². The number of non-ortho nitro benzene ring substituents is 1. The summed E-state index contributed by atoms with van der Waals surface area (Å²) in [5.41, 5.74) is -0.219. The summed E-state index contributed by atoms with van der Waals surface area (Å²) in [6.07, 6.45) is -0.602. The van der Waals surface area contributed by atoms with Gasteiger partial charge >= 0.3 is 6.09 Å². The first-order valence-corrected chi connectivity index (χ1v) is 5.96. The Morgan fingerprint density at radius 3 is 2.63 bits per heavy atom. The van der Waals surface area contributed by atoms with E-state index in [1.54, 1.807) is 20.8 Å². The Balaban J connectivity index is 2.70. The standard InChI is InChI=1S/C12H15ClN2O4/c1-12(2,3)19-11(16)14-7-8-6-9(15(17)18)4-5-10(8)13/h4-6H,7H2,1-3H3,(H,14,16). The molecule has 104 valence electrons. The predicted octanol–water partition coefficient (Wildman–Crippen LogP) is 3.27. The minimum Gasteiger partial charge on any atom is -0.444 e. The fraction of sp³-hybridized carbons (Fsp3) is 0.417. The van der Waals surface area contributed by atoms with Crippen LogP contribution in [0.2, 0.25) is 5.02 Å². The lowest BCUT2D eigenvalue weighted by atomic mass is 10.2. The molecule has 0 fully saturated rings. The summed E-state index contributed by atoms with van der Waals surface area (Å²) in [5.74, 6) is 0. The summed E-state index contributed by atoms with van der Waals surface area (Å²) >= 11 is 5.90. The Morgan fingerprint density at radius 2 is 2.11 bits per heavy atom. The average Bonchev–Trinajstić information content (AvgIpc) is 2.25. The van der Waals surface area contributed by atoms with Crippen LogP contribution in [-0.4, -0.2) is 16.6 Å². The van der Waals surface area contributed by atoms with E-state index in [1.165, 1.54) is 18.2 Å². The molecule has 0 aliphatic rings. The maximum absolute atomic E-state index is 11.5. The monoisotopic (exact) mass is 286 g/mol. The van der Waals surface area contributed by atoms with Crippen LogP contribution < -0.4 is 5.32 Å². The van der Waals surface area contributed by atoms with Crippen molar-refractivity contribution in [2.45, 2.75) is 32.9 Å². The molecule has 1 rings (SSSR count). The second-order valence-corrected chi connectivity index (χ2v) is 5.30. The lowest BCUT2D eigenvalue weighted by Gasteiger charge is -2.19. The zero-order chi connectivity index (χ0) is 14.6. The molecule has 7 heteroatoms. The lowest BCUT2D eigenvalue weighted by Crippen LogP contribution is -2.32. The minimum absolute atomic E-state index is 0.0649. The van der Waals surface area contributed by atoms with Gasteiger partial charge in [0.25, 0.3) is 5.69 Å². The van der Waals surface area contributed by atoms with E-state index in [9.17, 15) is 14.9 Å². The number of nitrogens with one attached hydrogen (secondary N) is 1. The first kappa shape index (κ1) is 15.2. The number of carbonyl (C=O) groups is 1. The number of benzene rings is 1. The van der Waals surface area contributed by atoms with Gasteiger partial charge in [0.15, 0.2) is 0 Å². The van der Waals surface area contributed by atoms with E-state index in [4.69, 9.17) is 16.3 Å². The SMILES string of the molecule is CC(C)(C)OC(=O)NCc1cc([N+](=O)[O-])ccc1Cl. The zero-order valence-electron chi connectivity index (χ0n) is 10.9. The molecule has 0 atom stereocenters. The fourth-order valence-corrected chi connectivity index (χ4v) is 1.48. The van der Waals surface area contributed by atoms with Crippen molar-refractivity contribution in [3.05, 3.63) is 38.9 Å². The van der Waals surface area contributed by atoms with Crippen LogP contribution in [0.3, 0.4) is 0 Å². The quantitative estimate of drug-likeness (QED) is 0.683. The van der Waals surface area contributed by atoms with Crippen molar-refractivity contribution in [3.8, 4) is 0 Å². The molecule has 0 saturated carbocycles. The highest BCUT2D eigenvalue weighted by molar-refractivity contribution is 6.31. The third-order valence-corrected chi connectivity index (χ3v) is 2.43. The van der Waals surface area contributed by atoms with Crippen molar-refractivity contribution >= 4 is 23.4 Å². The molecule has 0 aromatic heterocycles. The maximum Gasteiger partial charge on any atom is 0.407 e. The van der Waals surface area contributed by atoms with Gasteiger partial charge in [-0.25, -0.2) is 4.79 Å². The van der Waals surface area contributed by atoms with Crippen LogP contribution in [-0.2, 0) is 11.3 Å². The summed E-state index contributed by atoms with van der Waals surface area (Å²) < 4.78 is 5.05. The number of nitro groups is 1. The van der Waals surface area contributed by atoms with Gasteiger partial charge in [0.05, 0.1) is 4.92 Å². The Morgan fingerprint density at radius 1 is 1.47 bits per heavy atom. The number of hydrogen-bond donors (Lipinski definition) is 1. The highest BCUT2D eigenvalue weighted by atomic mass is 35.5. The number of nitrogens with zero attached hydrogens (tertiary/aromatic N) is 1. The van der Waals surface area contributed by atoms with Gasteiger partial charge < -0.3 is 10.1 Å². The summed E-state index contributed by atoms with van der Waals surface area (Å²) in [6.45, 7) is 5.29.